The van der Waals surface area contributed by atoms with Crippen LogP contribution in [0.3, 0.4) is 0 Å². The largest absolute Gasteiger partial charge is 0.402 e. The molecule has 6 nitrogen and oxygen atoms in total. The van der Waals surface area contributed by atoms with Crippen molar-refractivity contribution >= 4 is 34.0 Å². The van der Waals surface area contributed by atoms with Gasteiger partial charge < -0.3 is 15.6 Å². The van der Waals surface area contributed by atoms with Crippen LogP contribution in [0.1, 0.15) is 43.9 Å². The van der Waals surface area contributed by atoms with Crippen molar-refractivity contribution in [3.63, 3.8) is 0 Å². The van der Waals surface area contributed by atoms with Crippen LogP contribution in [0.2, 0.25) is 0 Å². The molecule has 0 unspecified atom stereocenters. The van der Waals surface area contributed by atoms with Crippen LogP contribution in [-0.2, 0) is 9.59 Å². The lowest BCUT2D eigenvalue weighted by Crippen LogP contribution is -2.56. The van der Waals surface area contributed by atoms with Gasteiger partial charge >= 0.3 is 0 Å². The van der Waals surface area contributed by atoms with Gasteiger partial charge in [0.15, 0.2) is 5.78 Å². The highest BCUT2D eigenvalue weighted by Crippen LogP contribution is 2.55. The van der Waals surface area contributed by atoms with E-state index in [2.05, 4.69) is 9.97 Å². The summed E-state index contributed by atoms with van der Waals surface area (Å²) in [5.74, 6) is -2.45. The molecule has 3 aromatic rings. The van der Waals surface area contributed by atoms with E-state index in [0.29, 0.717) is 5.69 Å². The maximum atomic E-state index is 15.4. The zero-order valence-electron chi connectivity index (χ0n) is 17.7. The number of imidazole rings is 1. The van der Waals surface area contributed by atoms with Gasteiger partial charge in [0.05, 0.1) is 29.3 Å². The molecule has 1 aliphatic carbocycles. The number of benzene rings is 2. The number of carbonyl (C=O) groups is 2. The Morgan fingerprint density at radius 2 is 1.84 bits per heavy atom. The van der Waals surface area contributed by atoms with Gasteiger partial charge in [-0.2, -0.15) is 0 Å². The quantitative estimate of drug-likeness (QED) is 0.462. The summed E-state index contributed by atoms with van der Waals surface area (Å²) in [6, 6.07) is 6.76. The lowest BCUT2D eigenvalue weighted by molar-refractivity contribution is -0.131. The number of fused-ring (bicyclic) bond motifs is 1. The number of allylic oxidation sites excluding steroid dienone is 2. The predicted molar refractivity (Wildman–Crippen MR) is 116 cm³/mol. The maximum absolute atomic E-state index is 15.4. The van der Waals surface area contributed by atoms with E-state index in [1.54, 1.807) is 24.5 Å². The molecule has 1 aliphatic heterocycles. The summed E-state index contributed by atoms with van der Waals surface area (Å²) < 4.78 is 30.8. The van der Waals surface area contributed by atoms with E-state index >= 15 is 8.78 Å². The average molecular weight is 436 g/mol. The second kappa shape index (κ2) is 7.25. The molecule has 0 radical (unpaired) electrons. The molecule has 2 aliphatic rings. The van der Waals surface area contributed by atoms with Crippen LogP contribution in [0, 0.1) is 23.5 Å². The van der Waals surface area contributed by atoms with Crippen LogP contribution in [0.25, 0.3) is 16.6 Å². The number of nitrogens with one attached hydrogen (secondary N) is 1. The number of aromatic nitrogens is 2. The molecule has 1 saturated heterocycles. The first-order chi connectivity index (χ1) is 15.3. The number of amides is 1. The second-order valence-corrected chi connectivity index (χ2v) is 8.59. The molecule has 8 heteroatoms. The number of carbonyl (C=O) groups excluding carboxylic acids is 2. The topological polar surface area (TPSA) is 92.1 Å². The molecular formula is C24H22F2N4O2. The lowest BCUT2D eigenvalue weighted by atomic mass is 9.77. The smallest absolute Gasteiger partial charge is 0.233 e. The van der Waals surface area contributed by atoms with Crippen molar-refractivity contribution in [1.29, 1.82) is 0 Å². The Bertz CT molecular complexity index is 1280. The van der Waals surface area contributed by atoms with Crippen molar-refractivity contribution in [2.24, 2.45) is 17.6 Å². The van der Waals surface area contributed by atoms with E-state index in [9.17, 15) is 9.59 Å². The third-order valence-electron chi connectivity index (χ3n) is 6.36. The van der Waals surface area contributed by atoms with Crippen LogP contribution < -0.4 is 10.6 Å². The number of hydrogen-bond acceptors (Lipinski definition) is 4. The maximum Gasteiger partial charge on any atom is 0.233 e. The summed E-state index contributed by atoms with van der Waals surface area (Å²) in [6.45, 7) is 2.82. The number of rotatable bonds is 5. The lowest BCUT2D eigenvalue weighted by Gasteiger charge is -2.48. The van der Waals surface area contributed by atoms with Gasteiger partial charge in [-0.15, -0.1) is 0 Å². The fourth-order valence-electron chi connectivity index (χ4n) is 4.82. The normalized spacial score (nSPS) is 21.5. The van der Waals surface area contributed by atoms with Gasteiger partial charge in [-0.25, -0.2) is 13.8 Å². The highest BCUT2D eigenvalue weighted by molar-refractivity contribution is 6.20. The van der Waals surface area contributed by atoms with Gasteiger partial charge in [0, 0.05) is 22.5 Å². The molecule has 2 aromatic carbocycles. The molecule has 32 heavy (non-hydrogen) atoms. The van der Waals surface area contributed by atoms with Crippen LogP contribution in [-0.4, -0.2) is 21.7 Å². The molecule has 1 aromatic heterocycles. The first kappa shape index (κ1) is 20.4. The highest BCUT2D eigenvalue weighted by Gasteiger charge is 2.56. The molecular weight excluding hydrogens is 414 g/mol. The summed E-state index contributed by atoms with van der Waals surface area (Å²) in [4.78, 5) is 33.7. The average Bonchev–Trinajstić information content (AvgIpc) is 3.41. The third kappa shape index (κ3) is 3.09. The fraction of sp³-hybridized carbons (Fsp3) is 0.292. The van der Waals surface area contributed by atoms with E-state index in [0.717, 1.165) is 36.0 Å². The Morgan fingerprint density at radius 1 is 1.16 bits per heavy atom. The van der Waals surface area contributed by atoms with Crippen LogP contribution in [0.4, 0.5) is 14.5 Å². The van der Waals surface area contributed by atoms with Crippen LogP contribution in [0.5, 0.6) is 0 Å². The summed E-state index contributed by atoms with van der Waals surface area (Å²) in [5.41, 5.74) is 8.01. The van der Waals surface area contributed by atoms with Gasteiger partial charge in [-0.1, -0.05) is 0 Å². The standard InChI is InChI=1S/C24H22F2N4O2/c1-11(27)20(12(2)31)14-7-16(25)22(17(26)8-14)23-21(13-3-4-13)24(32)30(23)15-5-6-18-19(9-15)29-10-28-18/h5-10,13,21,23H,3-4,27H2,1-2H3,(H,28,29)/b20-11+/t21-,23-/m1/s1. The zero-order chi connectivity index (χ0) is 22.7. The summed E-state index contributed by atoms with van der Waals surface area (Å²) in [7, 11) is 0. The first-order valence-electron chi connectivity index (χ1n) is 10.5. The Morgan fingerprint density at radius 3 is 2.44 bits per heavy atom. The van der Waals surface area contributed by atoms with E-state index in [-0.39, 0.29) is 40.0 Å². The Kier molecular flexibility index (Phi) is 4.62. The Balaban J connectivity index is 1.61. The zero-order valence-corrected chi connectivity index (χ0v) is 17.7. The van der Waals surface area contributed by atoms with Gasteiger partial charge in [0.1, 0.15) is 11.6 Å². The van der Waals surface area contributed by atoms with Crippen molar-refractivity contribution in [3.8, 4) is 0 Å². The van der Waals surface area contributed by atoms with E-state index < -0.39 is 23.6 Å². The van der Waals surface area contributed by atoms with Gasteiger partial charge in [0.25, 0.3) is 0 Å². The molecule has 2 atom stereocenters. The van der Waals surface area contributed by atoms with Gasteiger partial charge in [-0.3, -0.25) is 9.59 Å². The number of β-lactam (4-membered cyclic amide) rings is 1. The highest BCUT2D eigenvalue weighted by atomic mass is 19.1. The van der Waals surface area contributed by atoms with Crippen molar-refractivity contribution in [3.05, 3.63) is 65.1 Å². The molecule has 2 heterocycles. The SMILES string of the molecule is CC(=O)/C(=C(/C)N)c1cc(F)c([C@H]2[C@@H](C3CC3)C(=O)N2c2ccc3nc[nH]c3c2)c(F)c1. The second-order valence-electron chi connectivity index (χ2n) is 8.59. The number of aromatic amines is 1. The van der Waals surface area contributed by atoms with Crippen molar-refractivity contribution in [2.45, 2.75) is 32.7 Å². The van der Waals surface area contributed by atoms with E-state index in [4.69, 9.17) is 5.73 Å². The number of anilines is 1. The molecule has 0 bridgehead atoms. The summed E-state index contributed by atoms with van der Waals surface area (Å²) in [6.07, 6.45) is 3.28. The number of Topliss-reactive ketones (excluding diaryl/α,β-unsaturated/α-hetero) is 1. The molecule has 2 fully saturated rings. The van der Waals surface area contributed by atoms with Crippen LogP contribution >= 0.6 is 0 Å². The minimum Gasteiger partial charge on any atom is -0.402 e. The summed E-state index contributed by atoms with van der Waals surface area (Å²) in [5, 5.41) is 0. The molecule has 5 rings (SSSR count). The van der Waals surface area contributed by atoms with Crippen molar-refractivity contribution < 1.29 is 18.4 Å². The van der Waals surface area contributed by atoms with E-state index in [1.165, 1.54) is 18.7 Å². The number of nitrogens with two attached hydrogens (primary N) is 1. The van der Waals surface area contributed by atoms with Crippen LogP contribution in [0.15, 0.2) is 42.4 Å². The molecule has 164 valence electrons. The number of H-pyrrole nitrogens is 1. The van der Waals surface area contributed by atoms with Crippen molar-refractivity contribution in [2.75, 3.05) is 4.90 Å². The molecule has 3 N–H and O–H groups in total. The number of ketones is 1. The predicted octanol–water partition coefficient (Wildman–Crippen LogP) is 4.23. The number of nitrogens with zero attached hydrogens (tertiary/aromatic N) is 2. The first-order valence-corrected chi connectivity index (χ1v) is 10.5. The van der Waals surface area contributed by atoms with Gasteiger partial charge in [-0.05, 0) is 68.5 Å². The fourth-order valence-corrected chi connectivity index (χ4v) is 4.82. The van der Waals surface area contributed by atoms with Crippen molar-refractivity contribution in [1.82, 2.24) is 9.97 Å². The molecule has 1 amide bonds. The third-order valence-corrected chi connectivity index (χ3v) is 6.36. The number of halogens is 2. The van der Waals surface area contributed by atoms with E-state index in [1.807, 2.05) is 0 Å². The Labute approximate surface area is 183 Å². The summed E-state index contributed by atoms with van der Waals surface area (Å²) >= 11 is 0. The minimum atomic E-state index is -0.796. The molecule has 0 spiro atoms. The molecule has 1 saturated carbocycles. The minimum absolute atomic E-state index is 0.0827. The van der Waals surface area contributed by atoms with Gasteiger partial charge in [0.2, 0.25) is 5.91 Å². The monoisotopic (exact) mass is 436 g/mol. The Hall–Kier alpha value is -3.55. The number of hydrogen-bond donors (Lipinski definition) is 2.